The SMILES string of the molecule is COc1cc2c(N[C@H](C)c3cccc(Br)c3)nc(C)nc2cc1OCCCCCCCCCCC12CC3CC(CC(C3)C1)C2. The van der Waals surface area contributed by atoms with Gasteiger partial charge in [0.25, 0.3) is 0 Å². The average Bonchev–Trinajstić information content (AvgIpc) is 2.98. The zero-order chi connectivity index (χ0) is 30.5. The number of aromatic nitrogens is 2. The van der Waals surface area contributed by atoms with Gasteiger partial charge in [0, 0.05) is 15.9 Å². The zero-order valence-electron chi connectivity index (χ0n) is 27.2. The summed E-state index contributed by atoms with van der Waals surface area (Å²) in [5.41, 5.74) is 2.82. The summed E-state index contributed by atoms with van der Waals surface area (Å²) in [6, 6.07) is 12.4. The number of hydrogen-bond donors (Lipinski definition) is 1. The second kappa shape index (κ2) is 14.4. The van der Waals surface area contributed by atoms with Crippen LogP contribution in [0.4, 0.5) is 5.82 Å². The van der Waals surface area contributed by atoms with Crippen molar-refractivity contribution >= 4 is 32.7 Å². The lowest BCUT2D eigenvalue weighted by molar-refractivity contribution is -0.0583. The van der Waals surface area contributed by atoms with E-state index in [0.29, 0.717) is 6.61 Å². The largest absolute Gasteiger partial charge is 0.493 e. The minimum Gasteiger partial charge on any atom is -0.493 e. The summed E-state index contributed by atoms with van der Waals surface area (Å²) >= 11 is 3.58. The second-order valence-electron chi connectivity index (χ2n) is 14.4. The van der Waals surface area contributed by atoms with Crippen LogP contribution in [0.15, 0.2) is 40.9 Å². The van der Waals surface area contributed by atoms with Crippen molar-refractivity contribution in [3.8, 4) is 11.5 Å². The van der Waals surface area contributed by atoms with Crippen LogP contribution in [-0.2, 0) is 0 Å². The number of anilines is 1. The zero-order valence-corrected chi connectivity index (χ0v) is 28.8. The number of nitrogens with one attached hydrogen (secondary N) is 1. The fourth-order valence-corrected chi connectivity index (χ4v) is 9.56. The van der Waals surface area contributed by atoms with Crippen molar-refractivity contribution in [3.05, 3.63) is 52.3 Å². The van der Waals surface area contributed by atoms with Crippen molar-refractivity contribution in [1.29, 1.82) is 0 Å². The standard InChI is InChI=1S/C38H52BrN3O2/c1-26(31-13-12-14-32(39)20-31)40-37-33-21-35(43-3)36(22-34(33)41-27(2)42-37)44-16-11-9-7-5-4-6-8-10-15-38-23-28-17-29(24-38)19-30(18-28)25-38/h12-14,20-22,26,28-30H,4-11,15-19,23-25H2,1-3H3,(H,40,41,42)/t26-,28?,29?,30?,38?/m1/s1. The summed E-state index contributed by atoms with van der Waals surface area (Å²) < 4.78 is 13.0. The van der Waals surface area contributed by atoms with E-state index in [4.69, 9.17) is 19.4 Å². The third-order valence-electron chi connectivity index (χ3n) is 10.8. The highest BCUT2D eigenvalue weighted by Gasteiger charge is 2.50. The Morgan fingerprint density at radius 3 is 2.18 bits per heavy atom. The van der Waals surface area contributed by atoms with Gasteiger partial charge in [-0.05, 0) is 112 Å². The van der Waals surface area contributed by atoms with E-state index in [2.05, 4.69) is 46.4 Å². The molecular weight excluding hydrogens is 610 g/mol. The average molecular weight is 663 g/mol. The Morgan fingerprint density at radius 2 is 1.52 bits per heavy atom. The number of aryl methyl sites for hydroxylation is 1. The molecule has 4 aliphatic rings. The molecule has 4 saturated carbocycles. The molecule has 44 heavy (non-hydrogen) atoms. The van der Waals surface area contributed by atoms with E-state index in [1.165, 1.54) is 56.9 Å². The summed E-state index contributed by atoms with van der Waals surface area (Å²) in [6.45, 7) is 4.77. The highest BCUT2D eigenvalue weighted by atomic mass is 79.9. The van der Waals surface area contributed by atoms with E-state index >= 15 is 0 Å². The number of benzene rings is 2. The Hall–Kier alpha value is -2.34. The molecule has 2 aromatic carbocycles. The molecule has 1 N–H and O–H groups in total. The molecule has 5 nitrogen and oxygen atoms in total. The number of rotatable bonds is 16. The van der Waals surface area contributed by atoms with Crippen LogP contribution in [0.2, 0.25) is 0 Å². The molecule has 0 spiro atoms. The first-order valence-electron chi connectivity index (χ1n) is 17.4. The molecule has 4 aliphatic carbocycles. The highest BCUT2D eigenvalue weighted by Crippen LogP contribution is 2.61. The lowest BCUT2D eigenvalue weighted by Crippen LogP contribution is -2.45. The maximum Gasteiger partial charge on any atom is 0.163 e. The maximum absolute atomic E-state index is 6.23. The molecule has 4 bridgehead atoms. The van der Waals surface area contributed by atoms with Gasteiger partial charge in [-0.2, -0.15) is 0 Å². The molecule has 238 valence electrons. The van der Waals surface area contributed by atoms with E-state index in [1.54, 1.807) is 45.6 Å². The maximum atomic E-state index is 6.23. The first-order chi connectivity index (χ1) is 21.4. The molecule has 7 rings (SSSR count). The summed E-state index contributed by atoms with van der Waals surface area (Å²) in [5.74, 6) is 6.29. The number of halogens is 1. The quantitative estimate of drug-likeness (QED) is 0.155. The Bertz CT molecular complexity index is 1370. The van der Waals surface area contributed by atoms with E-state index in [-0.39, 0.29) is 6.04 Å². The summed E-state index contributed by atoms with van der Waals surface area (Å²) in [7, 11) is 1.70. The van der Waals surface area contributed by atoms with Crippen LogP contribution in [0.5, 0.6) is 11.5 Å². The van der Waals surface area contributed by atoms with E-state index in [1.807, 2.05) is 25.1 Å². The summed E-state index contributed by atoms with van der Waals surface area (Å²) in [6.07, 6.45) is 21.6. The van der Waals surface area contributed by atoms with E-state index < -0.39 is 0 Å². The first-order valence-corrected chi connectivity index (χ1v) is 18.2. The molecule has 1 aromatic heterocycles. The second-order valence-corrected chi connectivity index (χ2v) is 15.3. The third-order valence-corrected chi connectivity index (χ3v) is 11.3. The van der Waals surface area contributed by atoms with Crippen LogP contribution in [0.25, 0.3) is 10.9 Å². The van der Waals surface area contributed by atoms with Crippen molar-refractivity contribution in [2.75, 3.05) is 19.0 Å². The molecule has 1 heterocycles. The van der Waals surface area contributed by atoms with Gasteiger partial charge < -0.3 is 14.8 Å². The fraction of sp³-hybridized carbons (Fsp3) is 0.632. The van der Waals surface area contributed by atoms with Gasteiger partial charge >= 0.3 is 0 Å². The molecule has 0 unspecified atom stereocenters. The number of unbranched alkanes of at least 4 members (excludes halogenated alkanes) is 7. The molecule has 0 saturated heterocycles. The predicted octanol–water partition coefficient (Wildman–Crippen LogP) is 11.0. The van der Waals surface area contributed by atoms with Gasteiger partial charge in [0.2, 0.25) is 0 Å². The monoisotopic (exact) mass is 661 g/mol. The van der Waals surface area contributed by atoms with Crippen molar-refractivity contribution in [1.82, 2.24) is 9.97 Å². The summed E-state index contributed by atoms with van der Waals surface area (Å²) in [5, 5.41) is 4.52. The van der Waals surface area contributed by atoms with Gasteiger partial charge in [0.05, 0.1) is 25.3 Å². The molecule has 6 heteroatoms. The van der Waals surface area contributed by atoms with Crippen molar-refractivity contribution < 1.29 is 9.47 Å². The van der Waals surface area contributed by atoms with Gasteiger partial charge in [0.1, 0.15) is 11.6 Å². The topological polar surface area (TPSA) is 56.3 Å². The normalized spacial score (nSPS) is 24.5. The lowest BCUT2D eigenvalue weighted by atomic mass is 9.48. The molecule has 1 atom stereocenters. The van der Waals surface area contributed by atoms with Crippen molar-refractivity contribution in [2.24, 2.45) is 23.2 Å². The number of hydrogen-bond acceptors (Lipinski definition) is 5. The van der Waals surface area contributed by atoms with Crippen LogP contribution < -0.4 is 14.8 Å². The predicted molar refractivity (Wildman–Crippen MR) is 185 cm³/mol. The van der Waals surface area contributed by atoms with Crippen molar-refractivity contribution in [2.45, 2.75) is 116 Å². The van der Waals surface area contributed by atoms with Crippen LogP contribution in [-0.4, -0.2) is 23.7 Å². The molecule has 0 radical (unpaired) electrons. The first kappa shape index (κ1) is 31.6. The number of ether oxygens (including phenoxy) is 2. The molecule has 0 aliphatic heterocycles. The molecule has 3 aromatic rings. The highest BCUT2D eigenvalue weighted by molar-refractivity contribution is 9.10. The molecular formula is C38H52BrN3O2. The van der Waals surface area contributed by atoms with Gasteiger partial charge in [0.15, 0.2) is 11.5 Å². The molecule has 0 amide bonds. The van der Waals surface area contributed by atoms with Gasteiger partial charge in [-0.25, -0.2) is 9.97 Å². The third kappa shape index (κ3) is 7.71. The van der Waals surface area contributed by atoms with Gasteiger partial charge in [-0.15, -0.1) is 0 Å². The number of fused-ring (bicyclic) bond motifs is 1. The van der Waals surface area contributed by atoms with Crippen LogP contribution in [0, 0.1) is 30.1 Å². The van der Waals surface area contributed by atoms with Gasteiger partial charge in [-0.3, -0.25) is 0 Å². The van der Waals surface area contributed by atoms with Crippen LogP contribution >= 0.6 is 15.9 Å². The number of nitrogens with zero attached hydrogens (tertiary/aromatic N) is 2. The van der Waals surface area contributed by atoms with E-state index in [9.17, 15) is 0 Å². The Labute approximate surface area is 273 Å². The smallest absolute Gasteiger partial charge is 0.163 e. The van der Waals surface area contributed by atoms with Crippen LogP contribution in [0.3, 0.4) is 0 Å². The Kier molecular flexibility index (Phi) is 10.3. The number of methoxy groups -OCH3 is 1. The Morgan fingerprint density at radius 1 is 0.864 bits per heavy atom. The minimum atomic E-state index is 0.0818. The van der Waals surface area contributed by atoms with Gasteiger partial charge in [-0.1, -0.05) is 73.0 Å². The van der Waals surface area contributed by atoms with Crippen molar-refractivity contribution in [3.63, 3.8) is 0 Å². The van der Waals surface area contributed by atoms with E-state index in [0.717, 1.165) is 68.1 Å². The summed E-state index contributed by atoms with van der Waals surface area (Å²) in [4.78, 5) is 9.45. The molecule has 4 fully saturated rings. The lowest BCUT2D eigenvalue weighted by Gasteiger charge is -2.57. The Balaban J connectivity index is 0.912. The minimum absolute atomic E-state index is 0.0818. The fourth-order valence-electron chi connectivity index (χ4n) is 9.14. The van der Waals surface area contributed by atoms with Crippen LogP contribution in [0.1, 0.15) is 121 Å².